The summed E-state index contributed by atoms with van der Waals surface area (Å²) >= 11 is 1.31. The molecule has 0 atom stereocenters. The van der Waals surface area contributed by atoms with Crippen molar-refractivity contribution in [3.05, 3.63) is 45.9 Å². The summed E-state index contributed by atoms with van der Waals surface area (Å²) in [6.45, 7) is 1.80. The molecule has 104 valence electrons. The zero-order valence-corrected chi connectivity index (χ0v) is 11.6. The Morgan fingerprint density at radius 1 is 1.45 bits per heavy atom. The van der Waals surface area contributed by atoms with Gasteiger partial charge in [-0.25, -0.2) is 4.98 Å². The highest BCUT2D eigenvalue weighted by atomic mass is 32.1. The number of hydrogen-bond acceptors (Lipinski definition) is 5. The summed E-state index contributed by atoms with van der Waals surface area (Å²) in [7, 11) is 0. The molecule has 0 saturated heterocycles. The van der Waals surface area contributed by atoms with Gasteiger partial charge in [-0.3, -0.25) is 4.79 Å². The molecule has 0 radical (unpaired) electrons. The lowest BCUT2D eigenvalue weighted by atomic mass is 10.1. The SMILES string of the molecule is Cc1ncsc1C(=O)Nc1ccc(CC(N)=NO)cc1. The lowest BCUT2D eigenvalue weighted by molar-refractivity contribution is 0.103. The fraction of sp³-hybridized carbons (Fsp3) is 0.154. The molecule has 0 aliphatic rings. The Hall–Kier alpha value is -2.41. The minimum absolute atomic E-state index is 0.141. The normalized spacial score (nSPS) is 11.3. The molecule has 6 nitrogen and oxygen atoms in total. The van der Waals surface area contributed by atoms with Gasteiger partial charge < -0.3 is 16.3 Å². The van der Waals surface area contributed by atoms with Crippen molar-refractivity contribution in [3.8, 4) is 0 Å². The Labute approximate surface area is 120 Å². The molecular formula is C13H14N4O2S. The molecule has 7 heteroatoms. The molecule has 2 aromatic rings. The molecule has 1 aromatic heterocycles. The quantitative estimate of drug-likeness (QED) is 0.347. The predicted molar refractivity (Wildman–Crippen MR) is 78.4 cm³/mol. The molecule has 1 heterocycles. The molecule has 1 amide bonds. The Bertz CT molecular complexity index is 634. The van der Waals surface area contributed by atoms with Gasteiger partial charge in [0.15, 0.2) is 0 Å². The Morgan fingerprint density at radius 2 is 2.15 bits per heavy atom. The standard InChI is InChI=1S/C13H14N4O2S/c1-8-12(20-7-15-8)13(18)16-10-4-2-9(3-5-10)6-11(14)17-19/h2-5,7,19H,6H2,1H3,(H2,14,17)(H,16,18). The van der Waals surface area contributed by atoms with Gasteiger partial charge in [0.25, 0.3) is 5.91 Å². The number of nitrogens with zero attached hydrogens (tertiary/aromatic N) is 2. The van der Waals surface area contributed by atoms with E-state index in [1.807, 2.05) is 12.1 Å². The number of aryl methyl sites for hydroxylation is 1. The number of hydrogen-bond donors (Lipinski definition) is 3. The van der Waals surface area contributed by atoms with E-state index in [0.717, 1.165) is 11.3 Å². The second-order valence-electron chi connectivity index (χ2n) is 4.19. The number of oxime groups is 1. The summed E-state index contributed by atoms with van der Waals surface area (Å²) in [6.07, 6.45) is 0.360. The second kappa shape index (κ2) is 6.16. The molecule has 0 bridgehead atoms. The second-order valence-corrected chi connectivity index (χ2v) is 5.04. The Morgan fingerprint density at radius 3 is 2.70 bits per heavy atom. The van der Waals surface area contributed by atoms with Crippen molar-refractivity contribution in [2.45, 2.75) is 13.3 Å². The van der Waals surface area contributed by atoms with Gasteiger partial charge in [0.1, 0.15) is 10.7 Å². The van der Waals surface area contributed by atoms with Gasteiger partial charge in [-0.05, 0) is 24.6 Å². The number of rotatable bonds is 4. The van der Waals surface area contributed by atoms with Crippen LogP contribution in [0.3, 0.4) is 0 Å². The number of carbonyl (C=O) groups excluding carboxylic acids is 1. The maximum absolute atomic E-state index is 12.0. The molecular weight excluding hydrogens is 276 g/mol. The highest BCUT2D eigenvalue weighted by Gasteiger charge is 2.11. The first-order chi connectivity index (χ1) is 9.60. The number of amides is 1. The highest BCUT2D eigenvalue weighted by Crippen LogP contribution is 2.16. The smallest absolute Gasteiger partial charge is 0.267 e. The Balaban J connectivity index is 2.04. The topological polar surface area (TPSA) is 101 Å². The van der Waals surface area contributed by atoms with Crippen LogP contribution in [0.25, 0.3) is 0 Å². The van der Waals surface area contributed by atoms with Gasteiger partial charge >= 0.3 is 0 Å². The van der Waals surface area contributed by atoms with Crippen LogP contribution in [0.15, 0.2) is 34.9 Å². The third kappa shape index (κ3) is 3.33. The van der Waals surface area contributed by atoms with Gasteiger partial charge in [0, 0.05) is 12.1 Å². The van der Waals surface area contributed by atoms with Crippen LogP contribution in [0, 0.1) is 6.92 Å². The van der Waals surface area contributed by atoms with Gasteiger partial charge in [-0.1, -0.05) is 17.3 Å². The largest absolute Gasteiger partial charge is 0.409 e. The zero-order valence-electron chi connectivity index (χ0n) is 10.8. The maximum atomic E-state index is 12.0. The number of aromatic nitrogens is 1. The molecule has 0 unspecified atom stereocenters. The summed E-state index contributed by atoms with van der Waals surface area (Å²) in [5.74, 6) is -0.0312. The van der Waals surface area contributed by atoms with E-state index in [4.69, 9.17) is 10.9 Å². The number of amidine groups is 1. The molecule has 0 spiro atoms. The van der Waals surface area contributed by atoms with Gasteiger partial charge in [-0.15, -0.1) is 11.3 Å². The summed E-state index contributed by atoms with van der Waals surface area (Å²) in [6, 6.07) is 7.17. The van der Waals surface area contributed by atoms with Crippen molar-refractivity contribution in [1.82, 2.24) is 4.98 Å². The maximum Gasteiger partial charge on any atom is 0.267 e. The number of anilines is 1. The number of nitrogens with two attached hydrogens (primary N) is 1. The third-order valence-electron chi connectivity index (χ3n) is 2.68. The fourth-order valence-electron chi connectivity index (χ4n) is 1.66. The molecule has 1 aromatic carbocycles. The van der Waals surface area contributed by atoms with Crippen LogP contribution < -0.4 is 11.1 Å². The van der Waals surface area contributed by atoms with Crippen molar-refractivity contribution >= 4 is 28.8 Å². The molecule has 0 aliphatic carbocycles. The van der Waals surface area contributed by atoms with E-state index in [1.165, 1.54) is 11.3 Å². The molecule has 0 saturated carbocycles. The van der Waals surface area contributed by atoms with Crippen molar-refractivity contribution in [2.24, 2.45) is 10.9 Å². The minimum Gasteiger partial charge on any atom is -0.409 e. The first-order valence-corrected chi connectivity index (χ1v) is 6.75. The van der Waals surface area contributed by atoms with E-state index in [1.54, 1.807) is 24.6 Å². The van der Waals surface area contributed by atoms with Crippen LogP contribution >= 0.6 is 11.3 Å². The summed E-state index contributed by atoms with van der Waals surface area (Å²) in [5, 5.41) is 14.2. The van der Waals surface area contributed by atoms with Gasteiger partial charge in [-0.2, -0.15) is 0 Å². The molecule has 0 fully saturated rings. The lowest BCUT2D eigenvalue weighted by Gasteiger charge is -2.05. The summed E-state index contributed by atoms with van der Waals surface area (Å²) in [4.78, 5) is 16.6. The van der Waals surface area contributed by atoms with Crippen LogP contribution in [-0.2, 0) is 6.42 Å². The molecule has 4 N–H and O–H groups in total. The summed E-state index contributed by atoms with van der Waals surface area (Å²) < 4.78 is 0. The van der Waals surface area contributed by atoms with Crippen molar-refractivity contribution < 1.29 is 10.0 Å². The minimum atomic E-state index is -0.172. The van der Waals surface area contributed by atoms with Crippen LogP contribution in [0.2, 0.25) is 0 Å². The molecule has 0 aliphatic heterocycles. The average Bonchev–Trinajstić information content (AvgIpc) is 2.87. The van der Waals surface area contributed by atoms with E-state index in [9.17, 15) is 4.79 Å². The van der Waals surface area contributed by atoms with Gasteiger partial charge in [0.2, 0.25) is 0 Å². The fourth-order valence-corrected chi connectivity index (χ4v) is 2.36. The van der Waals surface area contributed by atoms with Crippen LogP contribution in [0.1, 0.15) is 20.9 Å². The number of thiazole rings is 1. The average molecular weight is 290 g/mol. The third-order valence-corrected chi connectivity index (χ3v) is 3.60. The van der Waals surface area contributed by atoms with Crippen molar-refractivity contribution in [3.63, 3.8) is 0 Å². The molecule has 20 heavy (non-hydrogen) atoms. The Kier molecular flexibility index (Phi) is 4.31. The van der Waals surface area contributed by atoms with Crippen LogP contribution in [0.5, 0.6) is 0 Å². The zero-order chi connectivity index (χ0) is 14.5. The predicted octanol–water partition coefficient (Wildman–Crippen LogP) is 1.99. The number of benzene rings is 1. The lowest BCUT2D eigenvalue weighted by Crippen LogP contribution is -2.15. The first kappa shape index (κ1) is 14.0. The summed E-state index contributed by atoms with van der Waals surface area (Å²) in [5.41, 5.74) is 9.37. The van der Waals surface area contributed by atoms with Gasteiger partial charge in [0.05, 0.1) is 11.2 Å². The monoisotopic (exact) mass is 290 g/mol. The number of carbonyl (C=O) groups is 1. The molecule has 2 rings (SSSR count). The van der Waals surface area contributed by atoms with E-state index in [2.05, 4.69) is 15.5 Å². The highest BCUT2D eigenvalue weighted by molar-refractivity contribution is 7.12. The van der Waals surface area contributed by atoms with E-state index in [0.29, 0.717) is 17.0 Å². The van der Waals surface area contributed by atoms with Crippen LogP contribution in [-0.4, -0.2) is 21.9 Å². The van der Waals surface area contributed by atoms with Crippen LogP contribution in [0.4, 0.5) is 5.69 Å². The van der Waals surface area contributed by atoms with E-state index < -0.39 is 0 Å². The first-order valence-electron chi connectivity index (χ1n) is 5.87. The number of nitrogens with one attached hydrogen (secondary N) is 1. The van der Waals surface area contributed by atoms with Crippen molar-refractivity contribution in [1.29, 1.82) is 0 Å². The van der Waals surface area contributed by atoms with E-state index in [-0.39, 0.29) is 11.7 Å². The van der Waals surface area contributed by atoms with E-state index >= 15 is 0 Å². The van der Waals surface area contributed by atoms with Crippen molar-refractivity contribution in [2.75, 3.05) is 5.32 Å².